The number of rotatable bonds is 6. The number of aliphatic hydroxyl groups is 1. The molecule has 2 fully saturated rings. The van der Waals surface area contributed by atoms with Gasteiger partial charge in [-0.25, -0.2) is 0 Å². The van der Waals surface area contributed by atoms with Gasteiger partial charge in [0, 0.05) is 25.1 Å². The van der Waals surface area contributed by atoms with Gasteiger partial charge in [-0.1, -0.05) is 26.2 Å². The number of aliphatic hydroxyl groups excluding tert-OH is 1. The van der Waals surface area contributed by atoms with Gasteiger partial charge in [0.15, 0.2) is 0 Å². The standard InChI is InChI=1S/C14H27NO/c1-2-15(10-13-6-7-13)11-14(12-16)8-4-3-5-9-14/h13,16H,2-12H2,1H3. The van der Waals surface area contributed by atoms with E-state index in [2.05, 4.69) is 11.8 Å². The average molecular weight is 225 g/mol. The Morgan fingerprint density at radius 3 is 2.38 bits per heavy atom. The lowest BCUT2D eigenvalue weighted by atomic mass is 9.74. The van der Waals surface area contributed by atoms with Crippen LogP contribution in [0.1, 0.15) is 51.9 Å². The molecule has 0 aromatic carbocycles. The van der Waals surface area contributed by atoms with Gasteiger partial charge in [-0.15, -0.1) is 0 Å². The average Bonchev–Trinajstić information content (AvgIpc) is 3.13. The van der Waals surface area contributed by atoms with Crippen LogP contribution in [0.2, 0.25) is 0 Å². The molecule has 0 spiro atoms. The Bertz CT molecular complexity index is 207. The highest BCUT2D eigenvalue weighted by molar-refractivity contribution is 4.87. The van der Waals surface area contributed by atoms with Crippen molar-refractivity contribution >= 4 is 0 Å². The van der Waals surface area contributed by atoms with Gasteiger partial charge in [0.1, 0.15) is 0 Å². The molecule has 0 aliphatic heterocycles. The molecule has 2 rings (SSSR count). The van der Waals surface area contributed by atoms with Gasteiger partial charge in [-0.2, -0.15) is 0 Å². The van der Waals surface area contributed by atoms with E-state index in [-0.39, 0.29) is 5.41 Å². The number of nitrogens with zero attached hydrogens (tertiary/aromatic N) is 1. The zero-order valence-corrected chi connectivity index (χ0v) is 10.7. The van der Waals surface area contributed by atoms with E-state index in [0.29, 0.717) is 6.61 Å². The summed E-state index contributed by atoms with van der Waals surface area (Å²) in [5.41, 5.74) is 0.239. The van der Waals surface area contributed by atoms with Gasteiger partial charge in [0.2, 0.25) is 0 Å². The molecule has 0 aromatic heterocycles. The second-order valence-electron chi connectivity index (χ2n) is 5.99. The summed E-state index contributed by atoms with van der Waals surface area (Å²) in [6.07, 6.45) is 9.36. The highest BCUT2D eigenvalue weighted by Crippen LogP contribution is 2.38. The normalized spacial score (nSPS) is 24.9. The second-order valence-corrected chi connectivity index (χ2v) is 5.99. The molecule has 2 heteroatoms. The molecule has 0 radical (unpaired) electrons. The summed E-state index contributed by atoms with van der Waals surface area (Å²) in [6, 6.07) is 0. The van der Waals surface area contributed by atoms with Gasteiger partial charge < -0.3 is 10.0 Å². The smallest absolute Gasteiger partial charge is 0.0499 e. The SMILES string of the molecule is CCN(CC1CC1)CC1(CO)CCCCC1. The molecule has 0 bridgehead atoms. The van der Waals surface area contributed by atoms with Crippen LogP contribution < -0.4 is 0 Å². The predicted molar refractivity (Wildman–Crippen MR) is 67.4 cm³/mol. The highest BCUT2D eigenvalue weighted by atomic mass is 16.3. The first-order valence-corrected chi connectivity index (χ1v) is 7.11. The monoisotopic (exact) mass is 225 g/mol. The topological polar surface area (TPSA) is 23.5 Å². The van der Waals surface area contributed by atoms with Crippen molar-refractivity contribution in [2.45, 2.75) is 51.9 Å². The van der Waals surface area contributed by atoms with Crippen molar-refractivity contribution in [3.05, 3.63) is 0 Å². The van der Waals surface area contributed by atoms with Crippen LogP contribution in [0, 0.1) is 11.3 Å². The Morgan fingerprint density at radius 2 is 1.88 bits per heavy atom. The third kappa shape index (κ3) is 3.21. The van der Waals surface area contributed by atoms with E-state index in [1.54, 1.807) is 0 Å². The molecular formula is C14H27NO. The predicted octanol–water partition coefficient (Wildman–Crippen LogP) is 2.66. The largest absolute Gasteiger partial charge is 0.396 e. The molecule has 0 amide bonds. The molecule has 2 nitrogen and oxygen atoms in total. The third-order valence-electron chi connectivity index (χ3n) is 4.47. The first kappa shape index (κ1) is 12.4. The first-order chi connectivity index (χ1) is 7.78. The second kappa shape index (κ2) is 5.50. The summed E-state index contributed by atoms with van der Waals surface area (Å²) in [5, 5.41) is 9.71. The van der Waals surface area contributed by atoms with Crippen LogP contribution in [-0.2, 0) is 0 Å². The summed E-state index contributed by atoms with van der Waals surface area (Å²) in [7, 11) is 0. The van der Waals surface area contributed by atoms with Crippen LogP contribution in [0.25, 0.3) is 0 Å². The molecule has 2 aliphatic rings. The molecule has 0 saturated heterocycles. The van der Waals surface area contributed by atoms with Crippen molar-refractivity contribution in [1.29, 1.82) is 0 Å². The van der Waals surface area contributed by atoms with Gasteiger partial charge in [-0.05, 0) is 38.1 Å². The van der Waals surface area contributed by atoms with Crippen LogP contribution in [-0.4, -0.2) is 36.2 Å². The molecular weight excluding hydrogens is 198 g/mol. The summed E-state index contributed by atoms with van der Waals surface area (Å²) >= 11 is 0. The van der Waals surface area contributed by atoms with Crippen molar-refractivity contribution in [3.8, 4) is 0 Å². The minimum absolute atomic E-state index is 0.239. The molecule has 0 heterocycles. The van der Waals surface area contributed by atoms with Crippen LogP contribution in [0.5, 0.6) is 0 Å². The lowest BCUT2D eigenvalue weighted by Gasteiger charge is -2.39. The van der Waals surface area contributed by atoms with Gasteiger partial charge in [0.05, 0.1) is 0 Å². The van der Waals surface area contributed by atoms with E-state index in [4.69, 9.17) is 0 Å². The Morgan fingerprint density at radius 1 is 1.19 bits per heavy atom. The maximum atomic E-state index is 9.71. The lowest BCUT2D eigenvalue weighted by molar-refractivity contribution is 0.0405. The Labute approximate surface area is 100 Å². The van der Waals surface area contributed by atoms with Crippen molar-refractivity contribution in [1.82, 2.24) is 4.90 Å². The number of hydrogen-bond donors (Lipinski definition) is 1. The molecule has 2 aliphatic carbocycles. The maximum Gasteiger partial charge on any atom is 0.0499 e. The zero-order valence-electron chi connectivity index (χ0n) is 10.7. The highest BCUT2D eigenvalue weighted by Gasteiger charge is 2.34. The quantitative estimate of drug-likeness (QED) is 0.751. The van der Waals surface area contributed by atoms with Crippen molar-refractivity contribution < 1.29 is 5.11 Å². The van der Waals surface area contributed by atoms with E-state index in [0.717, 1.165) is 19.0 Å². The van der Waals surface area contributed by atoms with Crippen molar-refractivity contribution in [2.75, 3.05) is 26.2 Å². The van der Waals surface area contributed by atoms with Gasteiger partial charge >= 0.3 is 0 Å². The maximum absolute atomic E-state index is 9.71. The summed E-state index contributed by atoms with van der Waals surface area (Å²) < 4.78 is 0. The van der Waals surface area contributed by atoms with Crippen molar-refractivity contribution in [2.24, 2.45) is 11.3 Å². The fraction of sp³-hybridized carbons (Fsp3) is 1.00. The summed E-state index contributed by atoms with van der Waals surface area (Å²) in [5.74, 6) is 0.972. The zero-order chi connectivity index (χ0) is 11.4. The van der Waals surface area contributed by atoms with E-state index >= 15 is 0 Å². The minimum atomic E-state index is 0.239. The molecule has 0 aromatic rings. The van der Waals surface area contributed by atoms with Crippen LogP contribution in [0.15, 0.2) is 0 Å². The Hall–Kier alpha value is -0.0800. The minimum Gasteiger partial charge on any atom is -0.396 e. The third-order valence-corrected chi connectivity index (χ3v) is 4.47. The fourth-order valence-electron chi connectivity index (χ4n) is 3.11. The van der Waals surface area contributed by atoms with Crippen molar-refractivity contribution in [3.63, 3.8) is 0 Å². The molecule has 0 atom stereocenters. The fourth-order valence-corrected chi connectivity index (χ4v) is 3.11. The van der Waals surface area contributed by atoms with Gasteiger partial charge in [-0.3, -0.25) is 0 Å². The summed E-state index contributed by atoms with van der Waals surface area (Å²) in [6.45, 7) is 6.22. The van der Waals surface area contributed by atoms with E-state index in [9.17, 15) is 5.11 Å². The Kier molecular flexibility index (Phi) is 4.26. The number of hydrogen-bond acceptors (Lipinski definition) is 2. The van der Waals surface area contributed by atoms with Crippen LogP contribution in [0.4, 0.5) is 0 Å². The van der Waals surface area contributed by atoms with E-state index in [1.807, 2.05) is 0 Å². The molecule has 2 saturated carbocycles. The molecule has 16 heavy (non-hydrogen) atoms. The lowest BCUT2D eigenvalue weighted by Crippen LogP contribution is -2.42. The Balaban J connectivity index is 1.86. The molecule has 94 valence electrons. The molecule has 0 unspecified atom stereocenters. The van der Waals surface area contributed by atoms with E-state index in [1.165, 1.54) is 51.5 Å². The molecule has 1 N–H and O–H groups in total. The van der Waals surface area contributed by atoms with Crippen LogP contribution >= 0.6 is 0 Å². The van der Waals surface area contributed by atoms with Crippen LogP contribution in [0.3, 0.4) is 0 Å². The van der Waals surface area contributed by atoms with Gasteiger partial charge in [0.25, 0.3) is 0 Å². The summed E-state index contributed by atoms with van der Waals surface area (Å²) in [4.78, 5) is 2.58. The first-order valence-electron chi connectivity index (χ1n) is 7.11. The van der Waals surface area contributed by atoms with E-state index < -0.39 is 0 Å².